The quantitative estimate of drug-likeness (QED) is 0.793. The summed E-state index contributed by atoms with van der Waals surface area (Å²) in [6.07, 6.45) is -4.27. The first kappa shape index (κ1) is 18.4. The number of benzene rings is 1. The van der Waals surface area contributed by atoms with Crippen LogP contribution in [-0.2, 0) is 14.1 Å². The zero-order chi connectivity index (χ0) is 18.2. The van der Waals surface area contributed by atoms with Crippen LogP contribution < -0.4 is 11.2 Å². The van der Waals surface area contributed by atoms with E-state index in [1.807, 2.05) is 0 Å². The number of thioether (sulfide) groups is 1. The van der Waals surface area contributed by atoms with Gasteiger partial charge in [-0.3, -0.25) is 13.9 Å². The molecule has 4 nitrogen and oxygen atoms in total. The maximum absolute atomic E-state index is 12.5. The van der Waals surface area contributed by atoms with Gasteiger partial charge in [-0.15, -0.1) is 11.8 Å². The Morgan fingerprint density at radius 1 is 1.00 bits per heavy atom. The van der Waals surface area contributed by atoms with Crippen molar-refractivity contribution in [3.63, 3.8) is 0 Å². The highest BCUT2D eigenvalue weighted by Gasteiger charge is 2.27. The van der Waals surface area contributed by atoms with Crippen LogP contribution >= 0.6 is 11.8 Å². The molecule has 0 saturated carbocycles. The van der Waals surface area contributed by atoms with Crippen molar-refractivity contribution in [2.75, 3.05) is 5.75 Å². The van der Waals surface area contributed by atoms with Crippen molar-refractivity contribution in [3.05, 3.63) is 50.2 Å². The van der Waals surface area contributed by atoms with Crippen LogP contribution in [0, 0.1) is 13.8 Å². The molecule has 0 fully saturated rings. The number of alkyl halides is 3. The third-order valence-corrected chi connectivity index (χ3v) is 4.94. The van der Waals surface area contributed by atoms with Gasteiger partial charge in [0.05, 0.1) is 11.4 Å². The summed E-state index contributed by atoms with van der Waals surface area (Å²) >= 11 is 0.693. The summed E-state index contributed by atoms with van der Waals surface area (Å²) in [4.78, 5) is 24.5. The lowest BCUT2D eigenvalue weighted by molar-refractivity contribution is -0.105. The molecule has 0 aliphatic rings. The first-order chi connectivity index (χ1) is 11.0. The van der Waals surface area contributed by atoms with Gasteiger partial charge in [-0.25, -0.2) is 4.79 Å². The molecule has 2 rings (SSSR count). The summed E-state index contributed by atoms with van der Waals surface area (Å²) in [6.45, 7) is 3.53. The SMILES string of the molecule is Cc1cc(C)c(-c2cc(=O)n(C)c(=O)n2C)cc1SCC(F)(F)F. The molecule has 1 aromatic carbocycles. The molecule has 0 aliphatic heterocycles. The lowest BCUT2D eigenvalue weighted by Gasteiger charge is -2.15. The van der Waals surface area contributed by atoms with Gasteiger partial charge in [-0.1, -0.05) is 6.07 Å². The number of aryl methyl sites for hydroxylation is 2. The Labute approximate surface area is 140 Å². The van der Waals surface area contributed by atoms with Crippen molar-refractivity contribution in [2.45, 2.75) is 24.9 Å². The van der Waals surface area contributed by atoms with Crippen molar-refractivity contribution < 1.29 is 13.2 Å². The Morgan fingerprint density at radius 3 is 2.21 bits per heavy atom. The molecule has 1 aromatic heterocycles. The predicted octanol–water partition coefficient (Wildman–Crippen LogP) is 3.02. The molecule has 0 aliphatic carbocycles. The van der Waals surface area contributed by atoms with Crippen LogP contribution in [0.2, 0.25) is 0 Å². The van der Waals surface area contributed by atoms with E-state index in [2.05, 4.69) is 0 Å². The monoisotopic (exact) mass is 358 g/mol. The number of halogens is 3. The van der Waals surface area contributed by atoms with E-state index in [1.165, 1.54) is 24.7 Å². The van der Waals surface area contributed by atoms with Crippen LogP contribution in [0.25, 0.3) is 11.3 Å². The summed E-state index contributed by atoms with van der Waals surface area (Å²) in [5.74, 6) is -0.994. The van der Waals surface area contributed by atoms with Crippen molar-refractivity contribution in [1.82, 2.24) is 9.13 Å². The third kappa shape index (κ3) is 3.75. The first-order valence-corrected chi connectivity index (χ1v) is 8.08. The lowest BCUT2D eigenvalue weighted by Crippen LogP contribution is -2.37. The van der Waals surface area contributed by atoms with Gasteiger partial charge in [-0.05, 0) is 31.0 Å². The summed E-state index contributed by atoms with van der Waals surface area (Å²) in [7, 11) is 2.90. The van der Waals surface area contributed by atoms with Crippen molar-refractivity contribution in [2.24, 2.45) is 14.1 Å². The molecule has 0 spiro atoms. The van der Waals surface area contributed by atoms with Gasteiger partial charge in [0.25, 0.3) is 5.56 Å². The van der Waals surface area contributed by atoms with Gasteiger partial charge in [0.1, 0.15) is 0 Å². The molecule has 0 atom stereocenters. The Balaban J connectivity index is 2.60. The minimum Gasteiger partial charge on any atom is -0.296 e. The van der Waals surface area contributed by atoms with Crippen LogP contribution in [0.15, 0.2) is 32.7 Å². The zero-order valence-corrected chi connectivity index (χ0v) is 14.5. The van der Waals surface area contributed by atoms with Crippen LogP contribution in [0.4, 0.5) is 13.2 Å². The second-order valence-corrected chi connectivity index (χ2v) is 6.62. The van der Waals surface area contributed by atoms with Gasteiger partial charge >= 0.3 is 11.9 Å². The molecule has 0 unspecified atom stereocenters. The van der Waals surface area contributed by atoms with E-state index in [-0.39, 0.29) is 0 Å². The molecule has 8 heteroatoms. The van der Waals surface area contributed by atoms with E-state index < -0.39 is 23.2 Å². The van der Waals surface area contributed by atoms with E-state index in [4.69, 9.17) is 0 Å². The van der Waals surface area contributed by atoms with Crippen LogP contribution in [0.5, 0.6) is 0 Å². The molecule has 0 bridgehead atoms. The molecular formula is C16H17F3N2O2S. The highest BCUT2D eigenvalue weighted by atomic mass is 32.2. The maximum Gasteiger partial charge on any atom is 0.398 e. The third-order valence-electron chi connectivity index (χ3n) is 3.72. The van der Waals surface area contributed by atoms with E-state index in [0.29, 0.717) is 27.9 Å². The first-order valence-electron chi connectivity index (χ1n) is 7.09. The van der Waals surface area contributed by atoms with E-state index in [9.17, 15) is 22.8 Å². The minimum atomic E-state index is -4.27. The second-order valence-electron chi connectivity index (χ2n) is 5.60. The Morgan fingerprint density at radius 2 is 1.62 bits per heavy atom. The zero-order valence-electron chi connectivity index (χ0n) is 13.7. The fraction of sp³-hybridized carbons (Fsp3) is 0.375. The van der Waals surface area contributed by atoms with E-state index in [0.717, 1.165) is 15.7 Å². The Kier molecular flexibility index (Phi) is 4.98. The smallest absolute Gasteiger partial charge is 0.296 e. The van der Waals surface area contributed by atoms with Crippen molar-refractivity contribution in [3.8, 4) is 11.3 Å². The molecule has 2 aromatic rings. The number of rotatable bonds is 3. The fourth-order valence-electron chi connectivity index (χ4n) is 2.41. The van der Waals surface area contributed by atoms with Crippen molar-refractivity contribution in [1.29, 1.82) is 0 Å². The average Bonchev–Trinajstić information content (AvgIpc) is 2.47. The van der Waals surface area contributed by atoms with Crippen LogP contribution in [0.1, 0.15) is 11.1 Å². The summed E-state index contributed by atoms with van der Waals surface area (Å²) in [5.41, 5.74) is 1.52. The molecule has 1 heterocycles. The topological polar surface area (TPSA) is 44.0 Å². The highest BCUT2D eigenvalue weighted by Crippen LogP contribution is 2.33. The van der Waals surface area contributed by atoms with Gasteiger partial charge in [0.15, 0.2) is 0 Å². The van der Waals surface area contributed by atoms with Gasteiger partial charge in [-0.2, -0.15) is 13.2 Å². The second kappa shape index (κ2) is 6.51. The molecule has 24 heavy (non-hydrogen) atoms. The number of hydrogen-bond acceptors (Lipinski definition) is 3. The average molecular weight is 358 g/mol. The fourth-order valence-corrected chi connectivity index (χ4v) is 3.22. The summed E-state index contributed by atoms with van der Waals surface area (Å²) in [5, 5.41) is 0. The minimum absolute atomic E-state index is 0.384. The predicted molar refractivity (Wildman–Crippen MR) is 88.6 cm³/mol. The summed E-state index contributed by atoms with van der Waals surface area (Å²) in [6, 6.07) is 4.68. The Hall–Kier alpha value is -1.96. The molecule has 0 amide bonds. The molecule has 0 saturated heterocycles. The molecular weight excluding hydrogens is 341 g/mol. The highest BCUT2D eigenvalue weighted by molar-refractivity contribution is 7.99. The molecule has 0 radical (unpaired) electrons. The van der Waals surface area contributed by atoms with Gasteiger partial charge in [0.2, 0.25) is 0 Å². The summed E-state index contributed by atoms with van der Waals surface area (Å²) < 4.78 is 39.7. The van der Waals surface area contributed by atoms with Crippen molar-refractivity contribution >= 4 is 11.8 Å². The lowest BCUT2D eigenvalue weighted by atomic mass is 10.0. The van der Waals surface area contributed by atoms with E-state index >= 15 is 0 Å². The number of hydrogen-bond donors (Lipinski definition) is 0. The number of nitrogens with zero attached hydrogens (tertiary/aromatic N) is 2. The number of aromatic nitrogens is 2. The molecule has 0 N–H and O–H groups in total. The Bertz CT molecular complexity index is 898. The normalized spacial score (nSPS) is 11.8. The van der Waals surface area contributed by atoms with Gasteiger partial charge < -0.3 is 0 Å². The van der Waals surface area contributed by atoms with Gasteiger partial charge in [0, 0.05) is 30.6 Å². The van der Waals surface area contributed by atoms with E-state index in [1.54, 1.807) is 26.0 Å². The maximum atomic E-state index is 12.5. The standard InChI is InChI=1S/C16H17F3N2O2S/c1-9-5-10(2)13(24-8-16(17,18)19)6-11(9)12-7-14(22)21(4)15(23)20(12)3/h5-7H,8H2,1-4H3. The largest absolute Gasteiger partial charge is 0.398 e. The van der Waals surface area contributed by atoms with Crippen LogP contribution in [0.3, 0.4) is 0 Å². The molecule has 130 valence electrons. The van der Waals surface area contributed by atoms with Crippen LogP contribution in [-0.4, -0.2) is 21.1 Å².